The fourth-order valence-electron chi connectivity index (χ4n) is 1.64. The molecule has 2 amide bonds. The smallest absolute Gasteiger partial charge is 0.338 e. The Labute approximate surface area is 139 Å². The third kappa shape index (κ3) is 6.15. The highest BCUT2D eigenvalue weighted by atomic mass is 35.5. The van der Waals surface area contributed by atoms with Gasteiger partial charge in [-0.2, -0.15) is 0 Å². The number of benzene rings is 1. The lowest BCUT2D eigenvalue weighted by molar-refractivity contribution is -0.130. The fourth-order valence-corrected chi connectivity index (χ4v) is 1.75. The second-order valence-corrected chi connectivity index (χ2v) is 5.30. The van der Waals surface area contributed by atoms with Crippen LogP contribution in [0, 0.1) is 0 Å². The van der Waals surface area contributed by atoms with Gasteiger partial charge in [-0.05, 0) is 31.5 Å². The SMILES string of the molecule is CCCNC(=O)[C@H](C)NC(=O)COC(=O)c1ccc(Cl)c(N)c1. The van der Waals surface area contributed by atoms with Crippen LogP contribution in [0.25, 0.3) is 0 Å². The number of hydrogen-bond acceptors (Lipinski definition) is 5. The minimum atomic E-state index is -0.709. The van der Waals surface area contributed by atoms with Crippen LogP contribution in [0.2, 0.25) is 5.02 Å². The van der Waals surface area contributed by atoms with Gasteiger partial charge in [0.05, 0.1) is 16.3 Å². The van der Waals surface area contributed by atoms with Gasteiger partial charge in [-0.1, -0.05) is 18.5 Å². The van der Waals surface area contributed by atoms with Crippen LogP contribution in [0.4, 0.5) is 5.69 Å². The largest absolute Gasteiger partial charge is 0.452 e. The second kappa shape index (κ2) is 8.99. The summed E-state index contributed by atoms with van der Waals surface area (Å²) in [5, 5.41) is 5.42. The molecule has 0 fully saturated rings. The molecule has 0 aliphatic rings. The highest BCUT2D eigenvalue weighted by molar-refractivity contribution is 6.33. The maximum absolute atomic E-state index is 11.8. The Morgan fingerprint density at radius 1 is 1.35 bits per heavy atom. The molecule has 0 saturated carbocycles. The number of rotatable bonds is 7. The van der Waals surface area contributed by atoms with E-state index in [0.717, 1.165) is 6.42 Å². The Morgan fingerprint density at radius 3 is 2.65 bits per heavy atom. The van der Waals surface area contributed by atoms with Crippen LogP contribution in [0.15, 0.2) is 18.2 Å². The standard InChI is InChI=1S/C15H20ClN3O4/c1-3-6-18-14(21)9(2)19-13(20)8-23-15(22)10-4-5-11(16)12(17)7-10/h4-5,7,9H,3,6,8,17H2,1-2H3,(H,18,21)(H,19,20)/t9-/m0/s1. The van der Waals surface area contributed by atoms with Gasteiger partial charge in [0.15, 0.2) is 6.61 Å². The minimum Gasteiger partial charge on any atom is -0.452 e. The Kier molecular flexibility index (Phi) is 7.34. The van der Waals surface area contributed by atoms with Crippen molar-refractivity contribution in [2.24, 2.45) is 0 Å². The molecule has 7 nitrogen and oxygen atoms in total. The van der Waals surface area contributed by atoms with Crippen molar-refractivity contribution >= 4 is 35.1 Å². The highest BCUT2D eigenvalue weighted by Gasteiger charge is 2.16. The fraction of sp³-hybridized carbons (Fsp3) is 0.400. The van der Waals surface area contributed by atoms with E-state index in [1.54, 1.807) is 6.92 Å². The summed E-state index contributed by atoms with van der Waals surface area (Å²) in [6, 6.07) is 3.57. The first kappa shape index (κ1) is 18.8. The summed E-state index contributed by atoms with van der Waals surface area (Å²) in [5.41, 5.74) is 6.02. The number of nitrogen functional groups attached to an aromatic ring is 1. The summed E-state index contributed by atoms with van der Waals surface area (Å²) < 4.78 is 4.87. The molecule has 0 unspecified atom stereocenters. The molecule has 0 spiro atoms. The van der Waals surface area contributed by atoms with Crippen LogP contribution < -0.4 is 16.4 Å². The van der Waals surface area contributed by atoms with Gasteiger partial charge in [-0.15, -0.1) is 0 Å². The molecule has 1 aromatic carbocycles. The summed E-state index contributed by atoms with van der Waals surface area (Å²) in [5.74, 6) is -1.57. The van der Waals surface area contributed by atoms with E-state index in [1.165, 1.54) is 18.2 Å². The van der Waals surface area contributed by atoms with Gasteiger partial charge in [0.25, 0.3) is 5.91 Å². The molecule has 8 heteroatoms. The second-order valence-electron chi connectivity index (χ2n) is 4.89. The molecule has 0 aromatic heterocycles. The number of ether oxygens (including phenoxy) is 1. The predicted octanol–water partition coefficient (Wildman–Crippen LogP) is 1.11. The van der Waals surface area contributed by atoms with E-state index in [9.17, 15) is 14.4 Å². The van der Waals surface area contributed by atoms with E-state index >= 15 is 0 Å². The molecule has 23 heavy (non-hydrogen) atoms. The van der Waals surface area contributed by atoms with E-state index in [0.29, 0.717) is 11.6 Å². The van der Waals surface area contributed by atoms with Crippen LogP contribution >= 0.6 is 11.6 Å². The number of nitrogens with one attached hydrogen (secondary N) is 2. The lowest BCUT2D eigenvalue weighted by atomic mass is 10.2. The van der Waals surface area contributed by atoms with E-state index < -0.39 is 24.5 Å². The van der Waals surface area contributed by atoms with Crippen molar-refractivity contribution in [2.75, 3.05) is 18.9 Å². The number of carbonyl (C=O) groups is 3. The molecule has 1 rings (SSSR count). The van der Waals surface area contributed by atoms with E-state index in [1.807, 2.05) is 6.92 Å². The first-order chi connectivity index (χ1) is 10.8. The predicted molar refractivity (Wildman–Crippen MR) is 87.1 cm³/mol. The molecule has 1 aromatic rings. The number of esters is 1. The van der Waals surface area contributed by atoms with Crippen molar-refractivity contribution in [3.05, 3.63) is 28.8 Å². The topological polar surface area (TPSA) is 111 Å². The average Bonchev–Trinajstić information content (AvgIpc) is 2.52. The molecule has 4 N–H and O–H groups in total. The quantitative estimate of drug-likeness (QED) is 0.508. The zero-order valence-corrected chi connectivity index (χ0v) is 13.8. The molecule has 0 aliphatic heterocycles. The number of nitrogens with two attached hydrogens (primary N) is 1. The Balaban J connectivity index is 2.44. The van der Waals surface area contributed by atoms with Crippen molar-refractivity contribution in [3.8, 4) is 0 Å². The van der Waals surface area contributed by atoms with E-state index in [2.05, 4.69) is 10.6 Å². The van der Waals surface area contributed by atoms with Crippen LogP contribution in [0.3, 0.4) is 0 Å². The van der Waals surface area contributed by atoms with Gasteiger partial charge in [0, 0.05) is 6.54 Å². The van der Waals surface area contributed by atoms with Crippen LogP contribution in [0.1, 0.15) is 30.6 Å². The molecule has 126 valence electrons. The number of amides is 2. The molecule has 0 bridgehead atoms. The Bertz CT molecular complexity index is 592. The number of anilines is 1. The summed E-state index contributed by atoms with van der Waals surface area (Å²) in [7, 11) is 0. The minimum absolute atomic E-state index is 0.188. The van der Waals surface area contributed by atoms with Crippen LogP contribution in [-0.4, -0.2) is 37.0 Å². The third-order valence-corrected chi connectivity index (χ3v) is 3.23. The van der Waals surface area contributed by atoms with E-state index in [-0.39, 0.29) is 17.2 Å². The van der Waals surface area contributed by atoms with E-state index in [4.69, 9.17) is 22.1 Å². The van der Waals surface area contributed by atoms with Gasteiger partial charge in [0.1, 0.15) is 6.04 Å². The zero-order chi connectivity index (χ0) is 17.4. The molecule has 1 atom stereocenters. The van der Waals surface area contributed by atoms with Gasteiger partial charge >= 0.3 is 5.97 Å². The first-order valence-electron chi connectivity index (χ1n) is 7.14. The Morgan fingerprint density at radius 2 is 2.04 bits per heavy atom. The van der Waals surface area contributed by atoms with Crippen molar-refractivity contribution in [1.29, 1.82) is 0 Å². The monoisotopic (exact) mass is 341 g/mol. The number of carbonyl (C=O) groups excluding carboxylic acids is 3. The lowest BCUT2D eigenvalue weighted by Crippen LogP contribution is -2.46. The normalized spacial score (nSPS) is 11.4. The van der Waals surface area contributed by atoms with Crippen molar-refractivity contribution in [3.63, 3.8) is 0 Å². The maximum atomic E-state index is 11.8. The first-order valence-corrected chi connectivity index (χ1v) is 7.52. The van der Waals surface area contributed by atoms with Crippen molar-refractivity contribution < 1.29 is 19.1 Å². The number of hydrogen-bond donors (Lipinski definition) is 3. The molecule has 0 radical (unpaired) electrons. The molecule has 0 aliphatic carbocycles. The summed E-state index contributed by atoms with van der Waals surface area (Å²) >= 11 is 5.76. The van der Waals surface area contributed by atoms with Gasteiger partial charge in [-0.3, -0.25) is 9.59 Å². The van der Waals surface area contributed by atoms with Gasteiger partial charge < -0.3 is 21.1 Å². The van der Waals surface area contributed by atoms with Gasteiger partial charge in [-0.25, -0.2) is 4.79 Å². The average molecular weight is 342 g/mol. The molecule has 0 saturated heterocycles. The highest BCUT2D eigenvalue weighted by Crippen LogP contribution is 2.19. The van der Waals surface area contributed by atoms with Gasteiger partial charge in [0.2, 0.25) is 5.91 Å². The van der Waals surface area contributed by atoms with Crippen molar-refractivity contribution in [2.45, 2.75) is 26.3 Å². The molecule has 0 heterocycles. The molecular weight excluding hydrogens is 322 g/mol. The van der Waals surface area contributed by atoms with Crippen molar-refractivity contribution in [1.82, 2.24) is 10.6 Å². The van der Waals surface area contributed by atoms with Crippen LogP contribution in [0.5, 0.6) is 0 Å². The number of halogens is 1. The lowest BCUT2D eigenvalue weighted by Gasteiger charge is -2.13. The zero-order valence-electron chi connectivity index (χ0n) is 13.0. The Hall–Kier alpha value is -2.28. The third-order valence-electron chi connectivity index (χ3n) is 2.89. The summed E-state index contributed by atoms with van der Waals surface area (Å²) in [6.45, 7) is 3.51. The van der Waals surface area contributed by atoms with Crippen LogP contribution in [-0.2, 0) is 14.3 Å². The maximum Gasteiger partial charge on any atom is 0.338 e. The summed E-state index contributed by atoms with van der Waals surface area (Å²) in [4.78, 5) is 35.1. The molecular formula is C15H20ClN3O4. The summed E-state index contributed by atoms with van der Waals surface area (Å²) in [6.07, 6.45) is 0.800.